The van der Waals surface area contributed by atoms with Crippen molar-refractivity contribution in [2.24, 2.45) is 0 Å². The van der Waals surface area contributed by atoms with E-state index in [2.05, 4.69) is 16.0 Å². The molecule has 1 aromatic rings. The maximum Gasteiger partial charge on any atom is 0.128 e. The quantitative estimate of drug-likeness (QED) is 0.754. The predicted octanol–water partition coefficient (Wildman–Crippen LogP) is 1.57. The van der Waals surface area contributed by atoms with Gasteiger partial charge in [0.05, 0.1) is 6.10 Å². The SMILES string of the molecule is OC1CC2CCC(C1)N2c1ccccn1. The van der Waals surface area contributed by atoms with Crippen LogP contribution in [0.1, 0.15) is 25.7 Å². The fourth-order valence-corrected chi connectivity index (χ4v) is 3.03. The van der Waals surface area contributed by atoms with Crippen LogP contribution in [0.2, 0.25) is 0 Å². The molecule has 3 heterocycles. The van der Waals surface area contributed by atoms with Gasteiger partial charge in [0.1, 0.15) is 5.82 Å². The number of rotatable bonds is 1. The number of nitrogens with zero attached hydrogens (tertiary/aromatic N) is 2. The fraction of sp³-hybridized carbons (Fsp3) is 0.583. The van der Waals surface area contributed by atoms with Crippen LogP contribution < -0.4 is 4.90 Å². The lowest BCUT2D eigenvalue weighted by atomic mass is 10.00. The van der Waals surface area contributed by atoms with Gasteiger partial charge in [0.25, 0.3) is 0 Å². The Morgan fingerprint density at radius 1 is 1.20 bits per heavy atom. The standard InChI is InChI=1S/C12H16N2O/c15-11-7-9-4-5-10(8-11)14(9)12-3-1-2-6-13-12/h1-3,6,9-11,15H,4-5,7-8H2. The van der Waals surface area contributed by atoms with Crippen LogP contribution in [-0.4, -0.2) is 28.3 Å². The zero-order chi connectivity index (χ0) is 10.3. The van der Waals surface area contributed by atoms with Crippen molar-refractivity contribution in [1.82, 2.24) is 4.98 Å². The van der Waals surface area contributed by atoms with Crippen molar-refractivity contribution in [3.05, 3.63) is 24.4 Å². The van der Waals surface area contributed by atoms with Crippen LogP contribution >= 0.6 is 0 Å². The topological polar surface area (TPSA) is 36.4 Å². The second-order valence-corrected chi connectivity index (χ2v) is 4.61. The van der Waals surface area contributed by atoms with Crippen molar-refractivity contribution in [3.8, 4) is 0 Å². The first-order valence-electron chi connectivity index (χ1n) is 5.72. The molecule has 2 saturated heterocycles. The van der Waals surface area contributed by atoms with E-state index in [-0.39, 0.29) is 6.10 Å². The molecule has 15 heavy (non-hydrogen) atoms. The molecular weight excluding hydrogens is 188 g/mol. The molecule has 0 spiro atoms. The van der Waals surface area contributed by atoms with Gasteiger partial charge in [-0.2, -0.15) is 0 Å². The number of aliphatic hydroxyl groups is 1. The van der Waals surface area contributed by atoms with Gasteiger partial charge in [0.15, 0.2) is 0 Å². The van der Waals surface area contributed by atoms with Crippen LogP contribution in [0.15, 0.2) is 24.4 Å². The van der Waals surface area contributed by atoms with Gasteiger partial charge in [-0.15, -0.1) is 0 Å². The summed E-state index contributed by atoms with van der Waals surface area (Å²) in [5.41, 5.74) is 0. The minimum atomic E-state index is -0.0949. The lowest BCUT2D eigenvalue weighted by molar-refractivity contribution is 0.126. The van der Waals surface area contributed by atoms with E-state index in [4.69, 9.17) is 0 Å². The lowest BCUT2D eigenvalue weighted by Crippen LogP contribution is -2.45. The monoisotopic (exact) mass is 204 g/mol. The molecule has 0 radical (unpaired) electrons. The van der Waals surface area contributed by atoms with E-state index in [9.17, 15) is 5.11 Å². The molecule has 2 bridgehead atoms. The van der Waals surface area contributed by atoms with Crippen molar-refractivity contribution in [3.63, 3.8) is 0 Å². The number of pyridine rings is 1. The summed E-state index contributed by atoms with van der Waals surface area (Å²) in [6.07, 6.45) is 5.98. The molecule has 2 fully saturated rings. The number of aliphatic hydroxyl groups excluding tert-OH is 1. The van der Waals surface area contributed by atoms with Crippen molar-refractivity contribution in [2.75, 3.05) is 4.90 Å². The lowest BCUT2D eigenvalue weighted by Gasteiger charge is -2.38. The molecule has 3 nitrogen and oxygen atoms in total. The number of aromatic nitrogens is 1. The number of fused-ring (bicyclic) bond motifs is 2. The third-order valence-corrected chi connectivity index (χ3v) is 3.62. The van der Waals surface area contributed by atoms with E-state index in [0.29, 0.717) is 12.1 Å². The fourth-order valence-electron chi connectivity index (χ4n) is 3.03. The van der Waals surface area contributed by atoms with E-state index < -0.39 is 0 Å². The average Bonchev–Trinajstić information content (AvgIpc) is 2.53. The Kier molecular flexibility index (Phi) is 2.13. The van der Waals surface area contributed by atoms with E-state index in [1.165, 1.54) is 12.8 Å². The molecule has 2 unspecified atom stereocenters. The Bertz CT molecular complexity index is 327. The molecule has 3 rings (SSSR count). The zero-order valence-electron chi connectivity index (χ0n) is 8.71. The summed E-state index contributed by atoms with van der Waals surface area (Å²) >= 11 is 0. The molecule has 0 amide bonds. The van der Waals surface area contributed by atoms with Gasteiger partial charge in [-0.25, -0.2) is 4.98 Å². The van der Waals surface area contributed by atoms with Crippen LogP contribution in [0, 0.1) is 0 Å². The van der Waals surface area contributed by atoms with Crippen LogP contribution in [0.5, 0.6) is 0 Å². The molecule has 0 aliphatic carbocycles. The first-order valence-corrected chi connectivity index (χ1v) is 5.72. The first kappa shape index (κ1) is 9.16. The molecule has 80 valence electrons. The van der Waals surface area contributed by atoms with Gasteiger partial charge < -0.3 is 10.0 Å². The minimum Gasteiger partial charge on any atom is -0.393 e. The van der Waals surface area contributed by atoms with E-state index >= 15 is 0 Å². The molecule has 2 aliphatic heterocycles. The Morgan fingerprint density at radius 3 is 2.53 bits per heavy atom. The van der Waals surface area contributed by atoms with Gasteiger partial charge in [-0.05, 0) is 37.8 Å². The predicted molar refractivity (Wildman–Crippen MR) is 58.8 cm³/mol. The third-order valence-electron chi connectivity index (χ3n) is 3.62. The van der Waals surface area contributed by atoms with Crippen LogP contribution in [-0.2, 0) is 0 Å². The third kappa shape index (κ3) is 1.51. The van der Waals surface area contributed by atoms with Gasteiger partial charge >= 0.3 is 0 Å². The molecule has 1 N–H and O–H groups in total. The zero-order valence-corrected chi connectivity index (χ0v) is 8.71. The summed E-state index contributed by atoms with van der Waals surface area (Å²) in [7, 11) is 0. The van der Waals surface area contributed by atoms with Crippen LogP contribution in [0.25, 0.3) is 0 Å². The number of piperidine rings is 1. The van der Waals surface area contributed by atoms with Gasteiger partial charge in [-0.1, -0.05) is 6.07 Å². The largest absolute Gasteiger partial charge is 0.393 e. The second kappa shape index (κ2) is 3.49. The summed E-state index contributed by atoms with van der Waals surface area (Å²) in [5.74, 6) is 1.08. The Balaban J connectivity index is 1.89. The molecular formula is C12H16N2O. The van der Waals surface area contributed by atoms with Crippen molar-refractivity contribution >= 4 is 5.82 Å². The highest BCUT2D eigenvalue weighted by atomic mass is 16.3. The molecule has 2 aliphatic rings. The maximum atomic E-state index is 9.71. The summed E-state index contributed by atoms with van der Waals surface area (Å²) in [5, 5.41) is 9.71. The summed E-state index contributed by atoms with van der Waals surface area (Å²) in [6, 6.07) is 7.07. The van der Waals surface area contributed by atoms with Crippen LogP contribution in [0.4, 0.5) is 5.82 Å². The van der Waals surface area contributed by atoms with Gasteiger partial charge in [0, 0.05) is 18.3 Å². The van der Waals surface area contributed by atoms with Crippen molar-refractivity contribution < 1.29 is 5.11 Å². The van der Waals surface area contributed by atoms with E-state index in [1.54, 1.807) is 0 Å². The summed E-state index contributed by atoms with van der Waals surface area (Å²) < 4.78 is 0. The number of anilines is 1. The summed E-state index contributed by atoms with van der Waals surface area (Å²) in [4.78, 5) is 6.82. The molecule has 3 heteroatoms. The second-order valence-electron chi connectivity index (χ2n) is 4.61. The summed E-state index contributed by atoms with van der Waals surface area (Å²) in [6.45, 7) is 0. The van der Waals surface area contributed by atoms with Crippen LogP contribution in [0.3, 0.4) is 0 Å². The van der Waals surface area contributed by atoms with E-state index in [0.717, 1.165) is 18.7 Å². The van der Waals surface area contributed by atoms with Crippen molar-refractivity contribution in [1.29, 1.82) is 0 Å². The van der Waals surface area contributed by atoms with Gasteiger partial charge in [0.2, 0.25) is 0 Å². The van der Waals surface area contributed by atoms with Crippen molar-refractivity contribution in [2.45, 2.75) is 43.9 Å². The molecule has 0 aromatic carbocycles. The highest BCUT2D eigenvalue weighted by molar-refractivity contribution is 5.43. The normalized spacial score (nSPS) is 34.5. The average molecular weight is 204 g/mol. The first-order chi connectivity index (χ1) is 7.34. The maximum absolute atomic E-state index is 9.71. The highest BCUT2D eigenvalue weighted by Gasteiger charge is 2.40. The number of hydrogen-bond donors (Lipinski definition) is 1. The molecule has 2 atom stereocenters. The smallest absolute Gasteiger partial charge is 0.128 e. The highest BCUT2D eigenvalue weighted by Crippen LogP contribution is 2.38. The molecule has 0 saturated carbocycles. The Morgan fingerprint density at radius 2 is 1.93 bits per heavy atom. The number of hydrogen-bond acceptors (Lipinski definition) is 3. The minimum absolute atomic E-state index is 0.0949. The Labute approximate surface area is 89.7 Å². The van der Waals surface area contributed by atoms with Gasteiger partial charge in [-0.3, -0.25) is 0 Å². The molecule has 1 aromatic heterocycles. The van der Waals surface area contributed by atoms with E-state index in [1.807, 2.05) is 18.3 Å². The Hall–Kier alpha value is -1.09.